The maximum Gasteiger partial charge on any atom is 0.195 e. The zero-order valence-electron chi connectivity index (χ0n) is 21.7. The normalized spacial score (nSPS) is 17.5. The molecule has 1 aliphatic heterocycles. The van der Waals surface area contributed by atoms with Gasteiger partial charge in [0.05, 0.1) is 26.9 Å². The monoisotopic (exact) mass is 492 g/mol. The lowest BCUT2D eigenvalue weighted by Crippen LogP contribution is -2.23. The molecule has 1 heterocycles. The van der Waals surface area contributed by atoms with E-state index in [2.05, 4.69) is 37.5 Å². The van der Waals surface area contributed by atoms with E-state index in [-0.39, 0.29) is 12.0 Å². The van der Waals surface area contributed by atoms with Gasteiger partial charge in [0.2, 0.25) is 0 Å². The minimum Gasteiger partial charge on any atom is -0.497 e. The fourth-order valence-corrected chi connectivity index (χ4v) is 4.95. The Morgan fingerprint density at radius 2 is 1.75 bits per heavy atom. The lowest BCUT2D eigenvalue weighted by Gasteiger charge is -2.24. The van der Waals surface area contributed by atoms with Crippen LogP contribution < -0.4 is 4.74 Å². The average molecular weight is 493 g/mol. The first-order chi connectivity index (χ1) is 17.5. The van der Waals surface area contributed by atoms with Crippen LogP contribution in [0.25, 0.3) is 6.08 Å². The first-order valence-corrected chi connectivity index (χ1v) is 12.4. The van der Waals surface area contributed by atoms with Gasteiger partial charge in [-0.25, -0.2) is 0 Å². The number of hydrogen-bond acceptors (Lipinski definition) is 6. The van der Waals surface area contributed by atoms with Crippen molar-refractivity contribution in [3.05, 3.63) is 70.8 Å². The van der Waals surface area contributed by atoms with E-state index < -0.39 is 12.1 Å². The summed E-state index contributed by atoms with van der Waals surface area (Å²) in [5, 5.41) is 0. The second kappa shape index (κ2) is 12.1. The van der Waals surface area contributed by atoms with Crippen molar-refractivity contribution in [2.75, 3.05) is 34.5 Å². The van der Waals surface area contributed by atoms with Crippen LogP contribution in [0.3, 0.4) is 0 Å². The standard InChI is InChI=1S/C30H36O6/c1-6-25-26(13-14-28-27(25)15-16-30(28)35-17-18-36-30)21(2)7-10-24(19-29(32-4)33-5)34-20-22-8-11-23(31-3)12-9-22/h6,8-9,11-14,21,24,29H,1,15-20H2,2-5H3. The molecule has 0 N–H and O–H groups in total. The van der Waals surface area contributed by atoms with Crippen LogP contribution in [-0.4, -0.2) is 46.9 Å². The summed E-state index contributed by atoms with van der Waals surface area (Å²) in [4.78, 5) is 0. The smallest absolute Gasteiger partial charge is 0.195 e. The van der Waals surface area contributed by atoms with Gasteiger partial charge in [-0.3, -0.25) is 0 Å². The Hall–Kier alpha value is -2.66. The summed E-state index contributed by atoms with van der Waals surface area (Å²) in [5.74, 6) is 6.97. The third-order valence-corrected chi connectivity index (χ3v) is 6.93. The molecule has 6 heteroatoms. The minimum atomic E-state index is -0.587. The number of hydrogen-bond donors (Lipinski definition) is 0. The number of rotatable bonds is 10. The lowest BCUT2D eigenvalue weighted by molar-refractivity contribution is -0.163. The van der Waals surface area contributed by atoms with Gasteiger partial charge < -0.3 is 28.4 Å². The topological polar surface area (TPSA) is 55.4 Å². The van der Waals surface area contributed by atoms with Gasteiger partial charge in [0.25, 0.3) is 0 Å². The highest BCUT2D eigenvalue weighted by Gasteiger charge is 2.45. The third-order valence-electron chi connectivity index (χ3n) is 6.93. The highest BCUT2D eigenvalue weighted by molar-refractivity contribution is 5.62. The number of ether oxygens (including phenoxy) is 6. The largest absolute Gasteiger partial charge is 0.497 e. The van der Waals surface area contributed by atoms with Crippen LogP contribution in [0.4, 0.5) is 0 Å². The quantitative estimate of drug-likeness (QED) is 0.336. The zero-order chi connectivity index (χ0) is 25.5. The number of methoxy groups -OCH3 is 3. The van der Waals surface area contributed by atoms with E-state index in [1.54, 1.807) is 21.3 Å². The predicted molar refractivity (Wildman–Crippen MR) is 139 cm³/mol. The van der Waals surface area contributed by atoms with Gasteiger partial charge >= 0.3 is 0 Å². The maximum atomic E-state index is 6.19. The first-order valence-electron chi connectivity index (χ1n) is 12.4. The van der Waals surface area contributed by atoms with Crippen LogP contribution in [0.5, 0.6) is 5.75 Å². The van der Waals surface area contributed by atoms with E-state index in [0.717, 1.165) is 40.8 Å². The molecule has 1 aliphatic carbocycles. The Morgan fingerprint density at radius 1 is 1.03 bits per heavy atom. The molecule has 4 rings (SSSR count). The molecule has 2 aromatic carbocycles. The molecule has 0 bridgehead atoms. The van der Waals surface area contributed by atoms with Crippen LogP contribution in [0.1, 0.15) is 53.5 Å². The van der Waals surface area contributed by atoms with Crippen molar-refractivity contribution in [3.63, 3.8) is 0 Å². The molecule has 2 atom stereocenters. The van der Waals surface area contributed by atoms with Crippen LogP contribution >= 0.6 is 0 Å². The van der Waals surface area contributed by atoms with Gasteiger partial charge in [0.15, 0.2) is 12.1 Å². The molecule has 0 saturated carbocycles. The highest BCUT2D eigenvalue weighted by atomic mass is 16.7. The van der Waals surface area contributed by atoms with Crippen molar-refractivity contribution in [2.24, 2.45) is 0 Å². The number of fused-ring (bicyclic) bond motifs is 2. The molecular formula is C30H36O6. The number of benzene rings is 2. The Bertz CT molecular complexity index is 1090. The van der Waals surface area contributed by atoms with Gasteiger partial charge in [-0.05, 0) is 47.7 Å². The molecule has 0 radical (unpaired) electrons. The van der Waals surface area contributed by atoms with Crippen molar-refractivity contribution < 1.29 is 28.4 Å². The van der Waals surface area contributed by atoms with E-state index in [1.807, 2.05) is 30.3 Å². The predicted octanol–water partition coefficient (Wildman–Crippen LogP) is 5.19. The van der Waals surface area contributed by atoms with Gasteiger partial charge in [-0.2, -0.15) is 0 Å². The van der Waals surface area contributed by atoms with Gasteiger partial charge in [0, 0.05) is 38.5 Å². The second-order valence-electron chi connectivity index (χ2n) is 9.04. The molecule has 192 valence electrons. The Labute approximate surface area is 214 Å². The van der Waals surface area contributed by atoms with Crippen molar-refractivity contribution in [1.82, 2.24) is 0 Å². The first kappa shape index (κ1) is 26.4. The fraction of sp³-hybridized carbons (Fsp3) is 0.467. The molecule has 1 fully saturated rings. The molecule has 36 heavy (non-hydrogen) atoms. The van der Waals surface area contributed by atoms with E-state index >= 15 is 0 Å². The van der Waals surface area contributed by atoms with Crippen molar-refractivity contribution in [1.29, 1.82) is 0 Å². The molecule has 2 aromatic rings. The zero-order valence-corrected chi connectivity index (χ0v) is 21.7. The van der Waals surface area contributed by atoms with E-state index in [1.165, 1.54) is 5.56 Å². The molecule has 1 saturated heterocycles. The van der Waals surface area contributed by atoms with Gasteiger partial charge in [-0.1, -0.05) is 48.8 Å². The molecule has 2 aliphatic rings. The average Bonchev–Trinajstić information content (AvgIpc) is 3.55. The minimum absolute atomic E-state index is 0.0131. The lowest BCUT2D eigenvalue weighted by atomic mass is 9.90. The summed E-state index contributed by atoms with van der Waals surface area (Å²) in [6, 6.07) is 12.1. The Balaban J connectivity index is 1.53. The summed E-state index contributed by atoms with van der Waals surface area (Å²) in [5.41, 5.74) is 5.70. The summed E-state index contributed by atoms with van der Waals surface area (Å²) >= 11 is 0. The Kier molecular flexibility index (Phi) is 8.84. The van der Waals surface area contributed by atoms with Crippen molar-refractivity contribution >= 4 is 6.08 Å². The van der Waals surface area contributed by atoms with Crippen LogP contribution in [-0.2, 0) is 42.5 Å². The Morgan fingerprint density at radius 3 is 2.39 bits per heavy atom. The van der Waals surface area contributed by atoms with Crippen molar-refractivity contribution in [2.45, 2.75) is 56.9 Å². The van der Waals surface area contributed by atoms with Crippen LogP contribution in [0, 0.1) is 11.8 Å². The molecule has 6 nitrogen and oxygen atoms in total. The molecule has 0 amide bonds. The summed E-state index contributed by atoms with van der Waals surface area (Å²) in [6.45, 7) is 7.91. The van der Waals surface area contributed by atoms with Crippen LogP contribution in [0.15, 0.2) is 43.0 Å². The van der Waals surface area contributed by atoms with E-state index in [9.17, 15) is 0 Å². The molecule has 1 spiro atoms. The molecule has 2 unspecified atom stereocenters. The third kappa shape index (κ3) is 5.67. The highest BCUT2D eigenvalue weighted by Crippen LogP contribution is 2.46. The van der Waals surface area contributed by atoms with Crippen molar-refractivity contribution in [3.8, 4) is 17.6 Å². The second-order valence-corrected chi connectivity index (χ2v) is 9.04. The summed E-state index contributed by atoms with van der Waals surface area (Å²) < 4.78 is 34.3. The fourth-order valence-electron chi connectivity index (χ4n) is 4.95. The molecule has 0 aromatic heterocycles. The molecular weight excluding hydrogens is 456 g/mol. The van der Waals surface area contributed by atoms with Gasteiger partial charge in [-0.15, -0.1) is 0 Å². The summed E-state index contributed by atoms with van der Waals surface area (Å²) in [6.07, 6.45) is 3.42. The van der Waals surface area contributed by atoms with E-state index in [4.69, 9.17) is 28.4 Å². The van der Waals surface area contributed by atoms with Gasteiger partial charge in [0.1, 0.15) is 11.9 Å². The SMILES string of the molecule is C=Cc1c(C(C)C#CC(CC(OC)OC)OCc2ccc(OC)cc2)ccc2c1CCC21OCCO1. The maximum absolute atomic E-state index is 6.19. The summed E-state index contributed by atoms with van der Waals surface area (Å²) in [7, 11) is 4.90. The van der Waals surface area contributed by atoms with Crippen LogP contribution in [0.2, 0.25) is 0 Å². The van der Waals surface area contributed by atoms with E-state index in [0.29, 0.717) is 26.2 Å².